The summed E-state index contributed by atoms with van der Waals surface area (Å²) in [6.45, 7) is 3.29. The van der Waals surface area contributed by atoms with Gasteiger partial charge in [0, 0.05) is 0 Å². The van der Waals surface area contributed by atoms with Crippen molar-refractivity contribution in [3.8, 4) is 0 Å². The molecule has 0 aromatic carbocycles. The van der Waals surface area contributed by atoms with Crippen molar-refractivity contribution in [3.05, 3.63) is 0 Å². The first-order valence-corrected chi connectivity index (χ1v) is 4.54. The second kappa shape index (κ2) is 2.77. The molecule has 1 heterocycles. The summed E-state index contributed by atoms with van der Waals surface area (Å²) in [5, 5.41) is 8.67. The van der Waals surface area contributed by atoms with E-state index < -0.39 is 15.4 Å². The van der Waals surface area contributed by atoms with E-state index in [0.29, 0.717) is 0 Å². The zero-order valence-corrected chi connectivity index (χ0v) is 7.29. The number of hydrogen-bond donors (Lipinski definition) is 0. The van der Waals surface area contributed by atoms with Crippen LogP contribution in [0.4, 0.5) is 3.89 Å². The third kappa shape index (κ3) is 1.58. The van der Waals surface area contributed by atoms with Crippen LogP contribution < -0.4 is 0 Å². The topological polar surface area (TPSA) is 77.7 Å². The maximum atomic E-state index is 12.4. The van der Waals surface area contributed by atoms with E-state index in [2.05, 4.69) is 15.5 Å². The number of rotatable bonds is 2. The minimum Gasteiger partial charge on any atom is -0.211 e. The van der Waals surface area contributed by atoms with Gasteiger partial charge in [0.25, 0.3) is 5.16 Å². The van der Waals surface area contributed by atoms with E-state index in [1.165, 1.54) is 0 Å². The van der Waals surface area contributed by atoms with Gasteiger partial charge in [-0.2, -0.15) is 8.42 Å². The Hall–Kier alpha value is -1.05. The monoisotopic (exact) mass is 194 g/mol. The van der Waals surface area contributed by atoms with Gasteiger partial charge >= 0.3 is 10.2 Å². The summed E-state index contributed by atoms with van der Waals surface area (Å²) in [5.74, 6) is 0. The second-order valence-corrected chi connectivity index (χ2v) is 3.68. The zero-order valence-electron chi connectivity index (χ0n) is 6.47. The third-order valence-electron chi connectivity index (χ3n) is 1.17. The summed E-state index contributed by atoms with van der Waals surface area (Å²) in [7, 11) is -4.81. The fourth-order valence-electron chi connectivity index (χ4n) is 0.670. The minimum absolute atomic E-state index is 0.291. The fourth-order valence-corrected chi connectivity index (χ4v) is 1.27. The number of halogens is 1. The first-order valence-electron chi connectivity index (χ1n) is 3.15. The molecule has 0 atom stereocenters. The predicted octanol–water partition coefficient (Wildman–Crippen LogP) is -0.0878. The van der Waals surface area contributed by atoms with E-state index in [-0.39, 0.29) is 6.04 Å². The summed E-state index contributed by atoms with van der Waals surface area (Å²) in [5.41, 5.74) is 0. The van der Waals surface area contributed by atoms with Crippen molar-refractivity contribution in [1.82, 2.24) is 20.2 Å². The van der Waals surface area contributed by atoms with Gasteiger partial charge in [-0.1, -0.05) is 8.98 Å². The molecule has 0 aliphatic heterocycles. The molecule has 1 aromatic heterocycles. The highest BCUT2D eigenvalue weighted by atomic mass is 32.3. The minimum atomic E-state index is -4.81. The lowest BCUT2D eigenvalue weighted by Gasteiger charge is -2.03. The van der Waals surface area contributed by atoms with Gasteiger partial charge < -0.3 is 0 Å². The zero-order chi connectivity index (χ0) is 9.35. The Bertz CT molecular complexity index is 370. The van der Waals surface area contributed by atoms with E-state index in [1.54, 1.807) is 13.8 Å². The largest absolute Gasteiger partial charge is 0.369 e. The van der Waals surface area contributed by atoms with Crippen LogP contribution in [-0.4, -0.2) is 28.6 Å². The van der Waals surface area contributed by atoms with Crippen LogP contribution in [0.5, 0.6) is 0 Å². The van der Waals surface area contributed by atoms with E-state index in [1.807, 2.05) is 0 Å². The molecular formula is C4H7FN4O2S. The summed E-state index contributed by atoms with van der Waals surface area (Å²) >= 11 is 0. The van der Waals surface area contributed by atoms with Crippen molar-refractivity contribution < 1.29 is 12.3 Å². The van der Waals surface area contributed by atoms with Crippen molar-refractivity contribution in [1.29, 1.82) is 0 Å². The maximum Gasteiger partial charge on any atom is 0.369 e. The summed E-state index contributed by atoms with van der Waals surface area (Å²) in [4.78, 5) is 0. The Morgan fingerprint density at radius 2 is 2.08 bits per heavy atom. The van der Waals surface area contributed by atoms with Crippen molar-refractivity contribution in [2.24, 2.45) is 0 Å². The number of nitrogens with zero attached hydrogens (tertiary/aromatic N) is 4. The smallest absolute Gasteiger partial charge is 0.211 e. The molecule has 0 fully saturated rings. The van der Waals surface area contributed by atoms with Crippen molar-refractivity contribution in [3.63, 3.8) is 0 Å². The second-order valence-electron chi connectivity index (χ2n) is 2.44. The van der Waals surface area contributed by atoms with Crippen LogP contribution in [0.1, 0.15) is 19.9 Å². The van der Waals surface area contributed by atoms with Crippen LogP contribution in [0, 0.1) is 0 Å². The first-order chi connectivity index (χ1) is 5.43. The molecule has 6 nitrogen and oxygen atoms in total. The van der Waals surface area contributed by atoms with Gasteiger partial charge in [0.15, 0.2) is 0 Å². The van der Waals surface area contributed by atoms with Gasteiger partial charge in [0.05, 0.1) is 6.04 Å². The molecule has 0 bridgehead atoms. The van der Waals surface area contributed by atoms with Gasteiger partial charge in [-0.25, -0.2) is 4.68 Å². The van der Waals surface area contributed by atoms with Crippen molar-refractivity contribution >= 4 is 10.2 Å². The SMILES string of the molecule is CC(C)n1nnnc1S(=O)(=O)F. The standard InChI is InChI=1S/C4H7FN4O2S/c1-3(2)9-4(6-7-8-9)12(5,10)11/h3H,1-2H3. The Morgan fingerprint density at radius 1 is 1.50 bits per heavy atom. The van der Waals surface area contributed by atoms with Crippen LogP contribution in [0.15, 0.2) is 5.16 Å². The maximum absolute atomic E-state index is 12.4. The van der Waals surface area contributed by atoms with Crippen LogP contribution in [0.3, 0.4) is 0 Å². The van der Waals surface area contributed by atoms with Crippen molar-refractivity contribution in [2.45, 2.75) is 25.0 Å². The van der Waals surface area contributed by atoms with E-state index in [9.17, 15) is 12.3 Å². The summed E-state index contributed by atoms with van der Waals surface area (Å²) in [6, 6.07) is -0.291. The lowest BCUT2D eigenvalue weighted by atomic mass is 10.4. The van der Waals surface area contributed by atoms with Crippen LogP contribution >= 0.6 is 0 Å². The van der Waals surface area contributed by atoms with E-state index >= 15 is 0 Å². The van der Waals surface area contributed by atoms with E-state index in [0.717, 1.165) is 4.68 Å². The molecule has 0 aliphatic carbocycles. The third-order valence-corrected chi connectivity index (χ3v) is 1.87. The van der Waals surface area contributed by atoms with Gasteiger partial charge in [0.1, 0.15) is 0 Å². The lowest BCUT2D eigenvalue weighted by molar-refractivity contribution is 0.453. The average molecular weight is 194 g/mol. The van der Waals surface area contributed by atoms with Gasteiger partial charge in [-0.15, -0.1) is 0 Å². The molecule has 0 saturated heterocycles. The Morgan fingerprint density at radius 3 is 2.42 bits per heavy atom. The van der Waals surface area contributed by atoms with Crippen LogP contribution in [-0.2, 0) is 10.2 Å². The molecule has 0 radical (unpaired) electrons. The molecular weight excluding hydrogens is 187 g/mol. The Labute approximate surface area is 68.6 Å². The highest BCUT2D eigenvalue weighted by Gasteiger charge is 2.22. The van der Waals surface area contributed by atoms with E-state index in [4.69, 9.17) is 0 Å². The fraction of sp³-hybridized carbons (Fsp3) is 0.750. The Balaban J connectivity index is 3.26. The molecule has 68 valence electrons. The highest BCUT2D eigenvalue weighted by Crippen LogP contribution is 2.11. The molecule has 1 rings (SSSR count). The molecule has 8 heteroatoms. The number of tetrazole rings is 1. The normalized spacial score (nSPS) is 12.3. The molecule has 1 aromatic rings. The predicted molar refractivity (Wildman–Crippen MR) is 36.5 cm³/mol. The molecule has 0 spiro atoms. The molecule has 0 unspecified atom stereocenters. The number of hydrogen-bond acceptors (Lipinski definition) is 5. The summed E-state index contributed by atoms with van der Waals surface area (Å²) < 4.78 is 34.1. The Kier molecular flexibility index (Phi) is 2.09. The van der Waals surface area contributed by atoms with Crippen molar-refractivity contribution in [2.75, 3.05) is 0 Å². The molecule has 0 saturated carbocycles. The summed E-state index contributed by atoms with van der Waals surface area (Å²) in [6.07, 6.45) is 0. The molecule has 0 aliphatic rings. The van der Waals surface area contributed by atoms with Gasteiger partial charge in [0.2, 0.25) is 0 Å². The van der Waals surface area contributed by atoms with Crippen LogP contribution in [0.25, 0.3) is 0 Å². The molecule has 0 N–H and O–H groups in total. The van der Waals surface area contributed by atoms with Gasteiger partial charge in [-0.05, 0) is 24.3 Å². The lowest BCUT2D eigenvalue weighted by Crippen LogP contribution is -2.10. The highest BCUT2D eigenvalue weighted by molar-refractivity contribution is 7.86. The first kappa shape index (κ1) is 9.04. The molecule has 0 amide bonds. The average Bonchev–Trinajstić information content (AvgIpc) is 2.30. The van der Waals surface area contributed by atoms with Gasteiger partial charge in [-0.3, -0.25) is 0 Å². The quantitative estimate of drug-likeness (QED) is 0.615. The number of aromatic nitrogens is 4. The molecule has 12 heavy (non-hydrogen) atoms. The van der Waals surface area contributed by atoms with Crippen LogP contribution in [0.2, 0.25) is 0 Å².